The van der Waals surface area contributed by atoms with Gasteiger partial charge >= 0.3 is 5.97 Å². The summed E-state index contributed by atoms with van der Waals surface area (Å²) < 4.78 is 13.9. The van der Waals surface area contributed by atoms with Crippen molar-refractivity contribution in [2.24, 2.45) is 0 Å². The van der Waals surface area contributed by atoms with Crippen LogP contribution in [0.3, 0.4) is 0 Å². The van der Waals surface area contributed by atoms with Crippen LogP contribution in [0.4, 0.5) is 4.39 Å². The number of aryl methyl sites for hydroxylation is 1. The third-order valence-corrected chi connectivity index (χ3v) is 5.12. The van der Waals surface area contributed by atoms with Crippen LogP contribution >= 0.6 is 22.9 Å². The second-order valence-electron chi connectivity index (χ2n) is 5.50. The van der Waals surface area contributed by atoms with Gasteiger partial charge in [-0.2, -0.15) is 0 Å². The molecular formula is C15H15ClFNO2S. The molecule has 0 aliphatic rings. The lowest BCUT2D eigenvalue weighted by atomic mass is 9.86. The Morgan fingerprint density at radius 3 is 2.67 bits per heavy atom. The number of hydrogen-bond donors (Lipinski definition) is 1. The summed E-state index contributed by atoms with van der Waals surface area (Å²) in [5, 5.41) is 10.1. The van der Waals surface area contributed by atoms with Gasteiger partial charge in [0.05, 0.1) is 10.7 Å². The Labute approximate surface area is 131 Å². The highest BCUT2D eigenvalue weighted by molar-refractivity contribution is 7.13. The highest BCUT2D eigenvalue weighted by atomic mass is 35.5. The molecule has 0 bridgehead atoms. The topological polar surface area (TPSA) is 50.2 Å². The summed E-state index contributed by atoms with van der Waals surface area (Å²) in [6.07, 6.45) is 0.352. The van der Waals surface area contributed by atoms with Crippen molar-refractivity contribution in [1.29, 1.82) is 0 Å². The lowest BCUT2D eigenvalue weighted by Crippen LogP contribution is -2.21. The fourth-order valence-electron chi connectivity index (χ4n) is 2.10. The predicted molar refractivity (Wildman–Crippen MR) is 82.0 cm³/mol. The van der Waals surface area contributed by atoms with Gasteiger partial charge in [0.2, 0.25) is 0 Å². The minimum Gasteiger partial charge on any atom is -0.477 e. The first-order valence-electron chi connectivity index (χ1n) is 6.36. The van der Waals surface area contributed by atoms with Crippen molar-refractivity contribution in [1.82, 2.24) is 4.98 Å². The minimum absolute atomic E-state index is 0.220. The number of nitrogens with zero attached hydrogens (tertiary/aromatic N) is 1. The third-order valence-electron chi connectivity index (χ3n) is 3.25. The SMILES string of the molecule is Cc1nc(C(C)(C)Cc2c(F)cccc2Cl)sc1C(=O)O. The van der Waals surface area contributed by atoms with E-state index in [1.165, 1.54) is 6.07 Å². The fourth-order valence-corrected chi connectivity index (χ4v) is 3.34. The van der Waals surface area contributed by atoms with Crippen molar-refractivity contribution < 1.29 is 14.3 Å². The molecule has 0 atom stereocenters. The smallest absolute Gasteiger partial charge is 0.347 e. The molecular weight excluding hydrogens is 313 g/mol. The summed E-state index contributed by atoms with van der Waals surface area (Å²) in [7, 11) is 0. The number of halogens is 2. The van der Waals surface area contributed by atoms with Crippen molar-refractivity contribution in [3.63, 3.8) is 0 Å². The molecule has 6 heteroatoms. The summed E-state index contributed by atoms with van der Waals surface area (Å²) >= 11 is 7.19. The number of aromatic carboxylic acids is 1. The average molecular weight is 328 g/mol. The van der Waals surface area contributed by atoms with Gasteiger partial charge < -0.3 is 5.11 Å². The van der Waals surface area contributed by atoms with Crippen LogP contribution in [0.15, 0.2) is 18.2 Å². The average Bonchev–Trinajstić information content (AvgIpc) is 2.77. The second kappa shape index (κ2) is 5.73. The van der Waals surface area contributed by atoms with E-state index in [9.17, 15) is 9.18 Å². The number of carboxylic acids is 1. The van der Waals surface area contributed by atoms with Crippen molar-refractivity contribution >= 4 is 28.9 Å². The Hall–Kier alpha value is -1.46. The zero-order valence-corrected chi connectivity index (χ0v) is 13.5. The molecule has 0 saturated heterocycles. The number of aromatic nitrogens is 1. The quantitative estimate of drug-likeness (QED) is 0.901. The number of thiazole rings is 1. The van der Waals surface area contributed by atoms with Gasteiger partial charge in [0.1, 0.15) is 10.7 Å². The van der Waals surface area contributed by atoms with E-state index < -0.39 is 11.4 Å². The van der Waals surface area contributed by atoms with Gasteiger partial charge in [-0.05, 0) is 25.5 Å². The van der Waals surface area contributed by atoms with Crippen LogP contribution < -0.4 is 0 Å². The van der Waals surface area contributed by atoms with Gasteiger partial charge in [0, 0.05) is 16.0 Å². The number of benzene rings is 1. The normalized spacial score (nSPS) is 11.7. The standard InChI is InChI=1S/C15H15ClFNO2S/c1-8-12(13(19)20)21-14(18-8)15(2,3)7-9-10(16)5-4-6-11(9)17/h4-6H,7H2,1-3H3,(H,19,20). The van der Waals surface area contributed by atoms with Gasteiger partial charge in [-0.15, -0.1) is 11.3 Å². The van der Waals surface area contributed by atoms with Gasteiger partial charge in [-0.1, -0.05) is 31.5 Å². The molecule has 0 radical (unpaired) electrons. The Kier molecular flexibility index (Phi) is 4.35. The molecule has 0 saturated carbocycles. The first-order chi connectivity index (χ1) is 9.72. The first kappa shape index (κ1) is 15.9. The monoisotopic (exact) mass is 327 g/mol. The molecule has 0 fully saturated rings. The lowest BCUT2D eigenvalue weighted by molar-refractivity contribution is 0.0701. The number of rotatable bonds is 4. The van der Waals surface area contributed by atoms with Gasteiger partial charge in [-0.3, -0.25) is 0 Å². The predicted octanol–water partition coefficient (Wildman–Crippen LogP) is 4.46. The molecule has 0 aliphatic carbocycles. The Morgan fingerprint density at radius 2 is 2.14 bits per heavy atom. The van der Waals surface area contributed by atoms with Crippen LogP contribution in [-0.4, -0.2) is 16.1 Å². The second-order valence-corrected chi connectivity index (χ2v) is 6.91. The molecule has 2 aromatic rings. The van der Waals surface area contributed by atoms with Gasteiger partial charge in [-0.25, -0.2) is 14.2 Å². The molecule has 3 nitrogen and oxygen atoms in total. The van der Waals surface area contributed by atoms with E-state index >= 15 is 0 Å². The van der Waals surface area contributed by atoms with Crippen molar-refractivity contribution in [2.45, 2.75) is 32.6 Å². The largest absolute Gasteiger partial charge is 0.477 e. The summed E-state index contributed by atoms with van der Waals surface area (Å²) in [4.78, 5) is 15.7. The molecule has 21 heavy (non-hydrogen) atoms. The zero-order valence-electron chi connectivity index (χ0n) is 11.9. The number of hydrogen-bond acceptors (Lipinski definition) is 3. The molecule has 0 spiro atoms. The molecule has 112 valence electrons. The first-order valence-corrected chi connectivity index (χ1v) is 7.56. The van der Waals surface area contributed by atoms with Crippen LogP contribution in [0.5, 0.6) is 0 Å². The fraction of sp³-hybridized carbons (Fsp3) is 0.333. The van der Waals surface area contributed by atoms with Crippen LogP contribution in [-0.2, 0) is 11.8 Å². The zero-order chi connectivity index (χ0) is 15.8. The van der Waals surface area contributed by atoms with E-state index in [1.54, 1.807) is 19.1 Å². The molecule has 0 unspecified atom stereocenters. The van der Waals surface area contributed by atoms with E-state index in [2.05, 4.69) is 4.98 Å². The maximum Gasteiger partial charge on any atom is 0.347 e. The van der Waals surface area contributed by atoms with Crippen LogP contribution in [0.2, 0.25) is 5.02 Å². The lowest BCUT2D eigenvalue weighted by Gasteiger charge is -2.23. The van der Waals surface area contributed by atoms with Gasteiger partial charge in [0.25, 0.3) is 0 Å². The van der Waals surface area contributed by atoms with E-state index in [-0.39, 0.29) is 10.7 Å². The molecule has 0 amide bonds. The minimum atomic E-state index is -0.990. The van der Waals surface area contributed by atoms with Gasteiger partial charge in [0.15, 0.2) is 0 Å². The van der Waals surface area contributed by atoms with E-state index in [0.717, 1.165) is 11.3 Å². The maximum absolute atomic E-state index is 13.9. The van der Waals surface area contributed by atoms with Crippen LogP contribution in [0.1, 0.15) is 39.8 Å². The van der Waals surface area contributed by atoms with Crippen LogP contribution in [0.25, 0.3) is 0 Å². The highest BCUT2D eigenvalue weighted by Crippen LogP contribution is 2.35. The number of carbonyl (C=O) groups is 1. The maximum atomic E-state index is 13.9. The molecule has 1 heterocycles. The Bertz CT molecular complexity index is 677. The molecule has 2 rings (SSSR count). The molecule has 1 N–H and O–H groups in total. The van der Waals surface area contributed by atoms with E-state index in [0.29, 0.717) is 27.7 Å². The Morgan fingerprint density at radius 1 is 1.48 bits per heavy atom. The molecule has 0 aliphatic heterocycles. The summed E-state index contributed by atoms with van der Waals surface area (Å²) in [5.41, 5.74) is 0.402. The van der Waals surface area contributed by atoms with E-state index in [4.69, 9.17) is 16.7 Å². The summed E-state index contributed by atoms with van der Waals surface area (Å²) in [6, 6.07) is 4.57. The Balaban J connectivity index is 2.38. The van der Waals surface area contributed by atoms with Crippen molar-refractivity contribution in [3.8, 4) is 0 Å². The highest BCUT2D eigenvalue weighted by Gasteiger charge is 2.29. The summed E-state index contributed by atoms with van der Waals surface area (Å²) in [6.45, 7) is 5.47. The van der Waals surface area contributed by atoms with Crippen LogP contribution in [0, 0.1) is 12.7 Å². The summed E-state index contributed by atoms with van der Waals surface area (Å²) in [5.74, 6) is -1.35. The third kappa shape index (κ3) is 3.24. The van der Waals surface area contributed by atoms with E-state index in [1.807, 2.05) is 13.8 Å². The molecule has 1 aromatic heterocycles. The molecule has 1 aromatic carbocycles. The van der Waals surface area contributed by atoms with Crippen molar-refractivity contribution in [2.75, 3.05) is 0 Å². The van der Waals surface area contributed by atoms with Crippen molar-refractivity contribution in [3.05, 3.63) is 50.2 Å². The number of carboxylic acid groups (broad SMARTS) is 1.